The van der Waals surface area contributed by atoms with Gasteiger partial charge in [-0.15, -0.1) is 4.52 Å². The largest absolute Gasteiger partial charge is 0.508 e. The van der Waals surface area contributed by atoms with E-state index in [1.807, 2.05) is 58.0 Å². The molecule has 6 amide bonds. The van der Waals surface area contributed by atoms with E-state index < -0.39 is 66.3 Å². The molecule has 0 spiro atoms. The lowest BCUT2D eigenvalue weighted by molar-refractivity contribution is -0.815. The molecule has 1 aromatic carbocycles. The van der Waals surface area contributed by atoms with E-state index in [9.17, 15) is 33.3 Å². The van der Waals surface area contributed by atoms with Gasteiger partial charge in [0.1, 0.15) is 25.2 Å². The molecule has 3 rings (SSSR count). The highest BCUT2D eigenvalue weighted by Crippen LogP contribution is 2.36. The Morgan fingerprint density at radius 1 is 1.02 bits per heavy atom. The van der Waals surface area contributed by atoms with E-state index in [4.69, 9.17) is 9.26 Å². The Morgan fingerprint density at radius 2 is 1.67 bits per heavy atom. The highest BCUT2D eigenvalue weighted by Gasteiger charge is 2.56. The number of benzene rings is 1. The Bertz CT molecular complexity index is 1360. The molecule has 49 heavy (non-hydrogen) atoms. The summed E-state index contributed by atoms with van der Waals surface area (Å²) in [5.74, 6) is -4.80. The molecular formula is C34H52N5O9P+2. The minimum atomic E-state index is -2.32. The van der Waals surface area contributed by atoms with Crippen LogP contribution in [-0.2, 0) is 44.4 Å². The predicted molar refractivity (Wildman–Crippen MR) is 180 cm³/mol. The van der Waals surface area contributed by atoms with Crippen LogP contribution in [0.25, 0.3) is 0 Å². The summed E-state index contributed by atoms with van der Waals surface area (Å²) in [5.41, 5.74) is 3.48. The first-order valence-electron chi connectivity index (χ1n) is 17.1. The molecule has 2 aliphatic rings. The predicted octanol–water partition coefficient (Wildman–Crippen LogP) is 3.43. The van der Waals surface area contributed by atoms with E-state index in [0.29, 0.717) is 19.3 Å². The Kier molecular flexibility index (Phi) is 14.8. The van der Waals surface area contributed by atoms with Gasteiger partial charge in [-0.05, 0) is 48.2 Å². The van der Waals surface area contributed by atoms with Crippen LogP contribution in [0.3, 0.4) is 0 Å². The van der Waals surface area contributed by atoms with Gasteiger partial charge in [-0.1, -0.05) is 62.6 Å². The van der Waals surface area contributed by atoms with Crippen LogP contribution in [0, 0.1) is 23.7 Å². The Balaban J connectivity index is 1.91. The number of likely N-dealkylation sites (N-methyl/N-ethyl adjacent to an activating group) is 1. The van der Waals surface area contributed by atoms with E-state index in [1.165, 1.54) is 11.9 Å². The van der Waals surface area contributed by atoms with Gasteiger partial charge in [-0.2, -0.15) is 5.43 Å². The SMILES string of the molecule is CCO[P+](=O)C[C@@H](C(=O)N[C@@H](CC(C)C)C(=O)NC)C(C[N+]1(NC(=O)[C@@H]2CCCN2C(=O)OCc2ccccc2)C(=O)CCC1=O)C(C)C. The van der Waals surface area contributed by atoms with Crippen molar-refractivity contribution in [2.24, 2.45) is 23.7 Å². The molecule has 0 saturated carbocycles. The summed E-state index contributed by atoms with van der Waals surface area (Å²) in [7, 11) is -0.849. The molecule has 14 nitrogen and oxygen atoms in total. The third-order valence-corrected chi connectivity index (χ3v) is 10.3. The molecule has 15 heteroatoms. The number of likely N-dealkylation sites (tertiary alicyclic amines) is 2. The fraction of sp³-hybridized carbons (Fsp3) is 0.647. The summed E-state index contributed by atoms with van der Waals surface area (Å²) in [6.45, 7) is 9.27. The van der Waals surface area contributed by atoms with Crippen LogP contribution in [0.5, 0.6) is 0 Å². The van der Waals surface area contributed by atoms with Crippen molar-refractivity contribution < 1.29 is 47.2 Å². The number of imide groups is 1. The van der Waals surface area contributed by atoms with Crippen LogP contribution in [0.2, 0.25) is 0 Å². The molecule has 2 aliphatic heterocycles. The van der Waals surface area contributed by atoms with Crippen LogP contribution in [0.4, 0.5) is 4.79 Å². The third-order valence-electron chi connectivity index (χ3n) is 9.10. The Morgan fingerprint density at radius 3 is 2.24 bits per heavy atom. The zero-order chi connectivity index (χ0) is 36.3. The van der Waals surface area contributed by atoms with Gasteiger partial charge in [0.15, 0.2) is 6.16 Å². The lowest BCUT2D eigenvalue weighted by Gasteiger charge is -2.36. The normalized spacial score (nSPS) is 19.4. The Labute approximate surface area is 289 Å². The van der Waals surface area contributed by atoms with Gasteiger partial charge in [-0.3, -0.25) is 19.3 Å². The van der Waals surface area contributed by atoms with E-state index in [-0.39, 0.29) is 63.0 Å². The van der Waals surface area contributed by atoms with Gasteiger partial charge in [0, 0.05) is 19.5 Å². The Hall–Kier alpha value is -3.74. The third kappa shape index (κ3) is 10.4. The molecule has 0 bridgehead atoms. The molecule has 2 saturated heterocycles. The number of nitrogens with zero attached hydrogens (tertiary/aromatic N) is 2. The van der Waals surface area contributed by atoms with Crippen molar-refractivity contribution in [3.63, 3.8) is 0 Å². The standard InChI is InChI=1S/C34H50N5O9P/c1-7-48-49(46)21-26(31(42)36-27(18-22(2)3)32(43)35-6)25(23(4)5)19-39(29(40)15-16-30(39)41)37-33(44)28-14-11-17-38(28)34(45)47-20-24-12-9-8-10-13-24/h8-10,12-13,22-23,25-28H,7,11,14-21H2,1-6H3,(H-2,35,36,37,42,43,44)/p+2/t25?,26-,27+,28+/m1/s1. The fourth-order valence-electron chi connectivity index (χ4n) is 6.48. The van der Waals surface area contributed by atoms with Gasteiger partial charge in [0.25, 0.3) is 5.91 Å². The molecule has 0 aliphatic carbocycles. The van der Waals surface area contributed by atoms with E-state index >= 15 is 0 Å². The smallest absolute Gasteiger partial charge is 0.445 e. The second kappa shape index (κ2) is 18.3. The van der Waals surface area contributed by atoms with Crippen LogP contribution in [0.15, 0.2) is 30.3 Å². The van der Waals surface area contributed by atoms with Crippen molar-refractivity contribution in [1.29, 1.82) is 0 Å². The van der Waals surface area contributed by atoms with E-state index in [1.54, 1.807) is 6.92 Å². The van der Waals surface area contributed by atoms with Crippen LogP contribution >= 0.6 is 8.03 Å². The lowest BCUT2D eigenvalue weighted by Crippen LogP contribution is -2.68. The molecule has 270 valence electrons. The van der Waals surface area contributed by atoms with Gasteiger partial charge in [-0.25, -0.2) is 14.4 Å². The molecule has 3 N–H and O–H groups in total. The first kappa shape index (κ1) is 39.7. The number of hydrogen-bond donors (Lipinski definition) is 3. The highest BCUT2D eigenvalue weighted by atomic mass is 31.1. The van der Waals surface area contributed by atoms with Crippen molar-refractivity contribution in [1.82, 2.24) is 21.0 Å². The molecule has 2 fully saturated rings. The van der Waals surface area contributed by atoms with Crippen molar-refractivity contribution >= 4 is 43.7 Å². The van der Waals surface area contributed by atoms with E-state index in [0.717, 1.165) is 5.56 Å². The molecule has 0 radical (unpaired) electrons. The second-order valence-electron chi connectivity index (χ2n) is 13.4. The molecule has 1 aromatic rings. The number of ether oxygens (including phenoxy) is 1. The summed E-state index contributed by atoms with van der Waals surface area (Å²) in [4.78, 5) is 82.2. The number of quaternary nitrogens is 1. The monoisotopic (exact) mass is 705 g/mol. The second-order valence-corrected chi connectivity index (χ2v) is 14.7. The maximum Gasteiger partial charge on any atom is 0.508 e. The van der Waals surface area contributed by atoms with Crippen molar-refractivity contribution in [3.8, 4) is 0 Å². The number of carbonyl (C=O) groups is 6. The summed E-state index contributed by atoms with van der Waals surface area (Å²) in [6, 6.07) is 7.26. The van der Waals surface area contributed by atoms with Gasteiger partial charge >= 0.3 is 25.9 Å². The van der Waals surface area contributed by atoms with Crippen molar-refractivity contribution in [3.05, 3.63) is 35.9 Å². The topological polar surface area (TPSA) is 177 Å². The molecule has 2 unspecified atom stereocenters. The summed E-state index contributed by atoms with van der Waals surface area (Å²) in [5, 5.41) is 5.38. The fourth-order valence-corrected chi connectivity index (χ4v) is 7.63. The number of nitrogens with one attached hydrogen (secondary N) is 3. The van der Waals surface area contributed by atoms with Crippen LogP contribution < -0.4 is 16.1 Å². The first-order chi connectivity index (χ1) is 23.2. The van der Waals surface area contributed by atoms with Crippen LogP contribution in [-0.4, -0.2) is 90.1 Å². The number of carbonyl (C=O) groups excluding carboxylic acids is 6. The first-order valence-corrected chi connectivity index (χ1v) is 18.4. The lowest BCUT2D eigenvalue weighted by atomic mass is 9.82. The van der Waals surface area contributed by atoms with Crippen molar-refractivity contribution in [2.75, 3.05) is 32.9 Å². The van der Waals surface area contributed by atoms with Gasteiger partial charge in [0.05, 0.1) is 25.4 Å². The quantitative estimate of drug-likeness (QED) is 0.125. The summed E-state index contributed by atoms with van der Waals surface area (Å²) < 4.78 is 22.8. The van der Waals surface area contributed by atoms with Gasteiger partial charge in [0.2, 0.25) is 11.8 Å². The van der Waals surface area contributed by atoms with Crippen LogP contribution in [0.1, 0.15) is 72.3 Å². The minimum Gasteiger partial charge on any atom is -0.445 e. The van der Waals surface area contributed by atoms with Gasteiger partial charge < -0.3 is 15.4 Å². The van der Waals surface area contributed by atoms with E-state index in [2.05, 4.69) is 16.1 Å². The zero-order valence-electron chi connectivity index (χ0n) is 29.4. The zero-order valence-corrected chi connectivity index (χ0v) is 30.3. The summed E-state index contributed by atoms with van der Waals surface area (Å²) >= 11 is 0. The summed E-state index contributed by atoms with van der Waals surface area (Å²) in [6.07, 6.45) is 0.0313. The highest BCUT2D eigenvalue weighted by molar-refractivity contribution is 7.39. The molecule has 2 heterocycles. The average Bonchev–Trinajstić information content (AvgIpc) is 3.66. The average molecular weight is 706 g/mol. The van der Waals surface area contributed by atoms with Crippen molar-refractivity contribution in [2.45, 2.75) is 85.4 Å². The minimum absolute atomic E-state index is 0.0168. The number of amides is 6. The molecule has 5 atom stereocenters. The maximum atomic E-state index is 14.0. The molecule has 0 aromatic heterocycles. The molecular weight excluding hydrogens is 653 g/mol. The maximum absolute atomic E-state index is 14.0. The number of hydrogen-bond acceptors (Lipinski definition) is 9. The number of rotatable bonds is 17.